The first kappa shape index (κ1) is 15.0. The summed E-state index contributed by atoms with van der Waals surface area (Å²) in [6, 6.07) is 3.26. The van der Waals surface area contributed by atoms with E-state index in [4.69, 9.17) is 9.47 Å². The lowest BCUT2D eigenvalue weighted by Crippen LogP contribution is -2.18. The molecule has 0 heterocycles. The third kappa shape index (κ3) is 3.68. The van der Waals surface area contributed by atoms with E-state index in [0.29, 0.717) is 17.9 Å². The average molecular weight is 262 g/mol. The fourth-order valence-corrected chi connectivity index (χ4v) is 1.77. The lowest BCUT2D eigenvalue weighted by atomic mass is 10.0. The maximum absolute atomic E-state index is 11.8. The summed E-state index contributed by atoms with van der Waals surface area (Å²) in [5, 5.41) is 0. The quantitative estimate of drug-likeness (QED) is 0.342. The van der Waals surface area contributed by atoms with Gasteiger partial charge in [-0.2, -0.15) is 0 Å². The predicted octanol–water partition coefficient (Wildman–Crippen LogP) is 2.61. The van der Waals surface area contributed by atoms with Crippen molar-refractivity contribution >= 4 is 11.8 Å². The standard InChI is InChI=1S/C15H18O4/c1-5-7-19-14-10(3)8-12(9-11(14)4)13(16)15(17)18-6-2/h5,8-9H,1,6-7H2,2-4H3. The zero-order valence-corrected chi connectivity index (χ0v) is 11.5. The van der Waals surface area contributed by atoms with Crippen molar-refractivity contribution in [2.75, 3.05) is 13.2 Å². The van der Waals surface area contributed by atoms with Gasteiger partial charge in [-0.25, -0.2) is 4.79 Å². The molecule has 0 bridgehead atoms. The van der Waals surface area contributed by atoms with Gasteiger partial charge in [-0.3, -0.25) is 4.79 Å². The number of carbonyl (C=O) groups excluding carboxylic acids is 2. The van der Waals surface area contributed by atoms with Crippen molar-refractivity contribution in [1.29, 1.82) is 0 Å². The molecule has 0 saturated heterocycles. The van der Waals surface area contributed by atoms with Crippen LogP contribution in [0.5, 0.6) is 5.75 Å². The minimum atomic E-state index is -0.832. The second-order valence-electron chi connectivity index (χ2n) is 4.09. The molecule has 0 aliphatic carbocycles. The summed E-state index contributed by atoms with van der Waals surface area (Å²) in [7, 11) is 0. The summed E-state index contributed by atoms with van der Waals surface area (Å²) in [5.74, 6) is -0.760. The molecule has 0 amide bonds. The largest absolute Gasteiger partial charge is 0.489 e. The number of ether oxygens (including phenoxy) is 2. The van der Waals surface area contributed by atoms with Gasteiger partial charge in [0.05, 0.1) is 6.61 Å². The van der Waals surface area contributed by atoms with Crippen LogP contribution in [-0.4, -0.2) is 25.0 Å². The van der Waals surface area contributed by atoms with E-state index in [1.54, 1.807) is 25.1 Å². The van der Waals surface area contributed by atoms with E-state index in [1.165, 1.54) is 0 Å². The van der Waals surface area contributed by atoms with E-state index in [0.717, 1.165) is 11.1 Å². The van der Waals surface area contributed by atoms with Crippen molar-refractivity contribution < 1.29 is 19.1 Å². The van der Waals surface area contributed by atoms with Gasteiger partial charge in [0, 0.05) is 5.56 Å². The van der Waals surface area contributed by atoms with Crippen LogP contribution < -0.4 is 4.74 Å². The van der Waals surface area contributed by atoms with Gasteiger partial charge >= 0.3 is 5.97 Å². The average Bonchev–Trinajstić information content (AvgIpc) is 2.37. The second kappa shape index (κ2) is 6.73. The van der Waals surface area contributed by atoms with Gasteiger partial charge in [0.2, 0.25) is 0 Å². The van der Waals surface area contributed by atoms with Crippen LogP contribution in [0.2, 0.25) is 0 Å². The lowest BCUT2D eigenvalue weighted by Gasteiger charge is -2.12. The van der Waals surface area contributed by atoms with Gasteiger partial charge < -0.3 is 9.47 Å². The smallest absolute Gasteiger partial charge is 0.379 e. The molecule has 0 saturated carbocycles. The number of carbonyl (C=O) groups is 2. The van der Waals surface area contributed by atoms with E-state index in [9.17, 15) is 9.59 Å². The number of hydrogen-bond acceptors (Lipinski definition) is 4. The Morgan fingerprint density at radius 3 is 2.32 bits per heavy atom. The number of Topliss-reactive ketones (excluding diaryl/α,β-unsaturated/α-hetero) is 1. The molecule has 0 aromatic heterocycles. The van der Waals surface area contributed by atoms with E-state index in [1.807, 2.05) is 13.8 Å². The molecule has 1 aromatic carbocycles. The highest BCUT2D eigenvalue weighted by atomic mass is 16.5. The molecule has 0 radical (unpaired) electrons. The van der Waals surface area contributed by atoms with Crippen molar-refractivity contribution in [1.82, 2.24) is 0 Å². The van der Waals surface area contributed by atoms with Gasteiger partial charge in [0.25, 0.3) is 5.78 Å². The topological polar surface area (TPSA) is 52.6 Å². The SMILES string of the molecule is C=CCOc1c(C)cc(C(=O)C(=O)OCC)cc1C. The lowest BCUT2D eigenvalue weighted by molar-refractivity contribution is -0.137. The Morgan fingerprint density at radius 1 is 1.26 bits per heavy atom. The summed E-state index contributed by atoms with van der Waals surface area (Å²) in [6.07, 6.45) is 1.65. The van der Waals surface area contributed by atoms with E-state index in [-0.39, 0.29) is 6.61 Å². The summed E-state index contributed by atoms with van der Waals surface area (Å²) in [5.41, 5.74) is 1.92. The minimum absolute atomic E-state index is 0.184. The highest BCUT2D eigenvalue weighted by molar-refractivity contribution is 6.40. The molecule has 0 atom stereocenters. The Balaban J connectivity index is 3.03. The Morgan fingerprint density at radius 2 is 1.84 bits per heavy atom. The van der Waals surface area contributed by atoms with Gasteiger partial charge in [-0.1, -0.05) is 12.7 Å². The molecular weight excluding hydrogens is 244 g/mol. The van der Waals surface area contributed by atoms with Gasteiger partial charge in [0.1, 0.15) is 12.4 Å². The van der Waals surface area contributed by atoms with Crippen LogP contribution in [0.25, 0.3) is 0 Å². The normalized spacial score (nSPS) is 9.84. The molecule has 1 rings (SSSR count). The van der Waals surface area contributed by atoms with Crippen LogP contribution >= 0.6 is 0 Å². The molecule has 102 valence electrons. The van der Waals surface area contributed by atoms with Gasteiger partial charge in [0.15, 0.2) is 0 Å². The first-order chi connectivity index (χ1) is 9.01. The minimum Gasteiger partial charge on any atom is -0.489 e. The van der Waals surface area contributed by atoms with E-state index < -0.39 is 11.8 Å². The van der Waals surface area contributed by atoms with Crippen molar-refractivity contribution in [3.8, 4) is 5.75 Å². The second-order valence-corrected chi connectivity index (χ2v) is 4.09. The summed E-state index contributed by atoms with van der Waals surface area (Å²) < 4.78 is 10.2. The third-order valence-corrected chi connectivity index (χ3v) is 2.53. The number of aryl methyl sites for hydroxylation is 2. The molecular formula is C15H18O4. The first-order valence-corrected chi connectivity index (χ1v) is 6.07. The zero-order chi connectivity index (χ0) is 14.4. The molecule has 0 aliphatic rings. The van der Waals surface area contributed by atoms with Crippen LogP contribution in [0.1, 0.15) is 28.4 Å². The van der Waals surface area contributed by atoms with Crippen LogP contribution in [0.3, 0.4) is 0 Å². The molecule has 0 fully saturated rings. The Hall–Kier alpha value is -2.10. The summed E-state index contributed by atoms with van der Waals surface area (Å²) in [6.45, 7) is 9.48. The number of rotatable bonds is 6. The van der Waals surface area contributed by atoms with Crippen LogP contribution in [-0.2, 0) is 9.53 Å². The van der Waals surface area contributed by atoms with Crippen molar-refractivity contribution in [3.05, 3.63) is 41.5 Å². The van der Waals surface area contributed by atoms with Crippen LogP contribution in [0.4, 0.5) is 0 Å². The molecule has 0 aliphatic heterocycles. The fourth-order valence-electron chi connectivity index (χ4n) is 1.77. The predicted molar refractivity (Wildman–Crippen MR) is 72.6 cm³/mol. The molecule has 1 aromatic rings. The maximum Gasteiger partial charge on any atom is 0.379 e. The molecule has 0 N–H and O–H groups in total. The number of benzene rings is 1. The summed E-state index contributed by atoms with van der Waals surface area (Å²) >= 11 is 0. The van der Waals surface area contributed by atoms with Gasteiger partial charge in [-0.05, 0) is 44.0 Å². The Labute approximate surface area is 113 Å². The van der Waals surface area contributed by atoms with Crippen molar-refractivity contribution in [2.24, 2.45) is 0 Å². The van der Waals surface area contributed by atoms with Crippen molar-refractivity contribution in [2.45, 2.75) is 20.8 Å². The molecule has 4 nitrogen and oxygen atoms in total. The number of ketones is 1. The van der Waals surface area contributed by atoms with Crippen LogP contribution in [0.15, 0.2) is 24.8 Å². The van der Waals surface area contributed by atoms with E-state index in [2.05, 4.69) is 6.58 Å². The molecule has 4 heteroatoms. The van der Waals surface area contributed by atoms with Crippen LogP contribution in [0, 0.1) is 13.8 Å². The van der Waals surface area contributed by atoms with Crippen molar-refractivity contribution in [3.63, 3.8) is 0 Å². The Bertz CT molecular complexity index is 480. The summed E-state index contributed by atoms with van der Waals surface area (Å²) in [4.78, 5) is 23.2. The highest BCUT2D eigenvalue weighted by Gasteiger charge is 2.19. The zero-order valence-electron chi connectivity index (χ0n) is 11.5. The molecule has 0 spiro atoms. The number of hydrogen-bond donors (Lipinski definition) is 0. The third-order valence-electron chi connectivity index (χ3n) is 2.53. The fraction of sp³-hybridized carbons (Fsp3) is 0.333. The highest BCUT2D eigenvalue weighted by Crippen LogP contribution is 2.25. The van der Waals surface area contributed by atoms with E-state index >= 15 is 0 Å². The van der Waals surface area contributed by atoms with Gasteiger partial charge in [-0.15, -0.1) is 0 Å². The first-order valence-electron chi connectivity index (χ1n) is 6.07. The molecule has 0 unspecified atom stereocenters. The monoisotopic (exact) mass is 262 g/mol. The molecule has 19 heavy (non-hydrogen) atoms. The number of esters is 1. The Kier molecular flexibility index (Phi) is 5.30. The maximum atomic E-state index is 11.8.